The Morgan fingerprint density at radius 3 is 1.53 bits per heavy atom. The lowest BCUT2D eigenvalue weighted by atomic mass is 9.94. The lowest BCUT2D eigenvalue weighted by Crippen LogP contribution is -2.08. The van der Waals surface area contributed by atoms with Gasteiger partial charge in [-0.25, -0.2) is 8.78 Å². The first-order valence-electron chi connectivity index (χ1n) is 6.36. The largest absolute Gasteiger partial charge is 0.384 e. The first-order chi connectivity index (χ1) is 9.12. The van der Waals surface area contributed by atoms with E-state index in [0.29, 0.717) is 22.3 Å². The predicted octanol–water partition coefficient (Wildman–Crippen LogP) is 3.60. The van der Waals surface area contributed by atoms with Crippen LogP contribution >= 0.6 is 0 Å². The SMILES string of the molecule is OC1c2ccccc2[C@@H]2[C@H](c3ccccc31)C2(F)F. The maximum Gasteiger partial charge on any atom is 0.263 e. The van der Waals surface area contributed by atoms with E-state index in [2.05, 4.69) is 0 Å². The number of hydrogen-bond acceptors (Lipinski definition) is 1. The van der Waals surface area contributed by atoms with Crippen LogP contribution in [0.5, 0.6) is 0 Å². The Kier molecular flexibility index (Phi) is 2.00. The molecule has 1 N–H and O–H groups in total. The molecule has 1 saturated carbocycles. The Bertz CT molecular complexity index is 610. The summed E-state index contributed by atoms with van der Waals surface area (Å²) < 4.78 is 28.2. The highest BCUT2D eigenvalue weighted by Crippen LogP contribution is 2.69. The summed E-state index contributed by atoms with van der Waals surface area (Å²) in [6.07, 6.45) is -0.809. The Hall–Kier alpha value is -1.74. The topological polar surface area (TPSA) is 20.2 Å². The molecule has 1 fully saturated rings. The van der Waals surface area contributed by atoms with Gasteiger partial charge in [-0.15, -0.1) is 0 Å². The zero-order valence-electron chi connectivity index (χ0n) is 10.1. The van der Waals surface area contributed by atoms with Gasteiger partial charge in [-0.3, -0.25) is 0 Å². The molecule has 2 aromatic rings. The van der Waals surface area contributed by atoms with Gasteiger partial charge in [0.25, 0.3) is 5.92 Å². The van der Waals surface area contributed by atoms with E-state index >= 15 is 0 Å². The maximum absolute atomic E-state index is 14.1. The van der Waals surface area contributed by atoms with E-state index in [1.807, 2.05) is 0 Å². The van der Waals surface area contributed by atoms with Crippen molar-refractivity contribution in [1.82, 2.24) is 0 Å². The van der Waals surface area contributed by atoms with E-state index in [1.165, 1.54) is 0 Å². The molecule has 0 aromatic heterocycles. The first-order valence-corrected chi connectivity index (χ1v) is 6.36. The molecule has 2 aromatic carbocycles. The summed E-state index contributed by atoms with van der Waals surface area (Å²) in [7, 11) is 0. The van der Waals surface area contributed by atoms with Crippen molar-refractivity contribution in [2.24, 2.45) is 0 Å². The Morgan fingerprint density at radius 1 is 0.737 bits per heavy atom. The predicted molar refractivity (Wildman–Crippen MR) is 67.4 cm³/mol. The zero-order chi connectivity index (χ0) is 13.2. The second-order valence-electron chi connectivity index (χ2n) is 5.29. The van der Waals surface area contributed by atoms with Gasteiger partial charge in [0.15, 0.2) is 0 Å². The first kappa shape index (κ1) is 11.1. The van der Waals surface area contributed by atoms with Crippen molar-refractivity contribution >= 4 is 0 Å². The van der Waals surface area contributed by atoms with E-state index in [0.717, 1.165) is 0 Å². The van der Waals surface area contributed by atoms with Crippen molar-refractivity contribution < 1.29 is 13.9 Å². The highest BCUT2D eigenvalue weighted by molar-refractivity contribution is 5.55. The third kappa shape index (κ3) is 1.31. The highest BCUT2D eigenvalue weighted by Gasteiger charge is 2.71. The molecular formula is C16H12F2O. The smallest absolute Gasteiger partial charge is 0.263 e. The van der Waals surface area contributed by atoms with E-state index in [4.69, 9.17) is 0 Å². The molecule has 3 heteroatoms. The number of rotatable bonds is 0. The normalized spacial score (nSPS) is 29.7. The van der Waals surface area contributed by atoms with E-state index < -0.39 is 23.9 Å². The average Bonchev–Trinajstić information content (AvgIpc) is 3.02. The lowest BCUT2D eigenvalue weighted by molar-refractivity contribution is 0.103. The van der Waals surface area contributed by atoms with Gasteiger partial charge in [-0.2, -0.15) is 0 Å². The number of halogens is 2. The molecule has 0 aliphatic heterocycles. The van der Waals surface area contributed by atoms with Crippen LogP contribution in [0, 0.1) is 0 Å². The summed E-state index contributed by atoms with van der Waals surface area (Å²) in [6.45, 7) is 0. The monoisotopic (exact) mass is 258 g/mol. The van der Waals surface area contributed by atoms with Gasteiger partial charge in [0, 0.05) is 0 Å². The number of aliphatic hydroxyl groups is 1. The molecule has 0 saturated heterocycles. The van der Waals surface area contributed by atoms with Gasteiger partial charge in [0.1, 0.15) is 6.10 Å². The summed E-state index contributed by atoms with van der Waals surface area (Å²) in [4.78, 5) is 0. The van der Waals surface area contributed by atoms with Crippen LogP contribution in [-0.4, -0.2) is 11.0 Å². The molecule has 0 heterocycles. The van der Waals surface area contributed by atoms with Crippen LogP contribution in [-0.2, 0) is 0 Å². The van der Waals surface area contributed by atoms with Gasteiger partial charge < -0.3 is 5.11 Å². The van der Waals surface area contributed by atoms with E-state index in [1.54, 1.807) is 48.5 Å². The van der Waals surface area contributed by atoms with Gasteiger partial charge in [0.2, 0.25) is 0 Å². The minimum absolute atomic E-state index is 0.584. The fraction of sp³-hybridized carbons (Fsp3) is 0.250. The molecule has 1 nitrogen and oxygen atoms in total. The van der Waals surface area contributed by atoms with E-state index in [-0.39, 0.29) is 0 Å². The van der Waals surface area contributed by atoms with Crippen LogP contribution in [0.25, 0.3) is 0 Å². The molecule has 0 bridgehead atoms. The molecule has 0 amide bonds. The van der Waals surface area contributed by atoms with Crippen LogP contribution in [0.3, 0.4) is 0 Å². The molecule has 4 rings (SSSR count). The molecule has 2 aliphatic carbocycles. The van der Waals surface area contributed by atoms with Crippen LogP contribution in [0.4, 0.5) is 8.78 Å². The third-order valence-electron chi connectivity index (χ3n) is 4.30. The summed E-state index contributed by atoms with van der Waals surface area (Å²) in [5, 5.41) is 10.5. The number of alkyl halides is 2. The Labute approximate surface area is 109 Å². The number of fused-ring (bicyclic) bond motifs is 5. The molecule has 0 spiro atoms. The molecule has 96 valence electrons. The van der Waals surface area contributed by atoms with Gasteiger partial charge in [-0.05, 0) is 22.3 Å². The van der Waals surface area contributed by atoms with Gasteiger partial charge in [0.05, 0.1) is 11.8 Å². The minimum atomic E-state index is -2.70. The lowest BCUT2D eigenvalue weighted by Gasteiger charge is -2.17. The summed E-state index contributed by atoms with van der Waals surface area (Å²) in [5.41, 5.74) is 2.39. The molecular weight excluding hydrogens is 246 g/mol. The van der Waals surface area contributed by atoms with Crippen LogP contribution in [0.2, 0.25) is 0 Å². The third-order valence-corrected chi connectivity index (χ3v) is 4.30. The summed E-state index contributed by atoms with van der Waals surface area (Å²) in [5.74, 6) is -4.28. The molecule has 2 aliphatic rings. The highest BCUT2D eigenvalue weighted by atomic mass is 19.3. The molecule has 19 heavy (non-hydrogen) atoms. The van der Waals surface area contributed by atoms with Crippen LogP contribution in [0.1, 0.15) is 40.2 Å². The number of aliphatic hydroxyl groups excluding tert-OH is 1. The van der Waals surface area contributed by atoms with Crippen molar-refractivity contribution in [3.8, 4) is 0 Å². The fourth-order valence-electron chi connectivity index (χ4n) is 3.35. The van der Waals surface area contributed by atoms with Crippen molar-refractivity contribution in [2.45, 2.75) is 23.9 Å². The quantitative estimate of drug-likeness (QED) is 0.765. The molecule has 1 unspecified atom stereocenters. The molecule has 0 radical (unpaired) electrons. The summed E-state index contributed by atoms with van der Waals surface area (Å²) in [6, 6.07) is 14.0. The Balaban J connectivity index is 2.02. The number of hydrogen-bond donors (Lipinski definition) is 1. The second-order valence-corrected chi connectivity index (χ2v) is 5.29. The fourth-order valence-corrected chi connectivity index (χ4v) is 3.35. The minimum Gasteiger partial charge on any atom is -0.384 e. The van der Waals surface area contributed by atoms with Gasteiger partial charge >= 0.3 is 0 Å². The maximum atomic E-state index is 14.1. The Morgan fingerprint density at radius 2 is 1.11 bits per heavy atom. The summed E-state index contributed by atoms with van der Waals surface area (Å²) >= 11 is 0. The van der Waals surface area contributed by atoms with Crippen molar-refractivity contribution in [2.75, 3.05) is 0 Å². The standard InChI is InChI=1S/C16H12F2O/c17-16(18)13-9-5-1-3-7-11(9)15(19)12-8-4-2-6-10(12)14(13)16/h1-8,13-15,19H/t13-,14+,15?. The van der Waals surface area contributed by atoms with Crippen LogP contribution < -0.4 is 0 Å². The zero-order valence-corrected chi connectivity index (χ0v) is 10.1. The second kappa shape index (κ2) is 3.42. The molecule has 3 atom stereocenters. The average molecular weight is 258 g/mol. The van der Waals surface area contributed by atoms with Crippen LogP contribution in [0.15, 0.2) is 48.5 Å². The van der Waals surface area contributed by atoms with Gasteiger partial charge in [-0.1, -0.05) is 48.5 Å². The van der Waals surface area contributed by atoms with Crippen molar-refractivity contribution in [3.63, 3.8) is 0 Å². The van der Waals surface area contributed by atoms with E-state index in [9.17, 15) is 13.9 Å². The van der Waals surface area contributed by atoms with Crippen molar-refractivity contribution in [1.29, 1.82) is 0 Å². The number of benzene rings is 2. The van der Waals surface area contributed by atoms with Crippen molar-refractivity contribution in [3.05, 3.63) is 70.8 Å².